The van der Waals surface area contributed by atoms with Crippen LogP contribution in [-0.2, 0) is 6.54 Å². The fraction of sp³-hybridized carbons (Fsp3) is 0.524. The number of carbonyl (C=O) groups is 1. The zero-order chi connectivity index (χ0) is 18.5. The Kier molecular flexibility index (Phi) is 3.97. The zero-order valence-electron chi connectivity index (χ0n) is 15.7. The van der Waals surface area contributed by atoms with Crippen molar-refractivity contribution in [3.63, 3.8) is 0 Å². The summed E-state index contributed by atoms with van der Waals surface area (Å²) in [6.07, 6.45) is 5.90. The molecule has 0 spiro atoms. The molecule has 0 radical (unpaired) electrons. The zero-order valence-corrected chi connectivity index (χ0v) is 15.7. The highest BCUT2D eigenvalue weighted by molar-refractivity contribution is 5.94. The molecule has 3 atom stereocenters. The minimum Gasteiger partial charge on any atom is -0.508 e. The van der Waals surface area contributed by atoms with Crippen LogP contribution >= 0.6 is 0 Å². The Bertz CT molecular complexity index is 855. The first-order chi connectivity index (χ1) is 13.2. The van der Waals surface area contributed by atoms with Crippen LogP contribution < -0.4 is 0 Å². The number of rotatable bonds is 3. The Morgan fingerprint density at radius 2 is 2.07 bits per heavy atom. The molecule has 27 heavy (non-hydrogen) atoms. The van der Waals surface area contributed by atoms with Gasteiger partial charge < -0.3 is 10.0 Å². The van der Waals surface area contributed by atoms with Gasteiger partial charge >= 0.3 is 0 Å². The minimum absolute atomic E-state index is 0.0982. The summed E-state index contributed by atoms with van der Waals surface area (Å²) in [4.78, 5) is 18.0. The fourth-order valence-corrected chi connectivity index (χ4v) is 5.52. The number of phenolic OH excluding ortho intramolecular Hbond substituents is 1. The van der Waals surface area contributed by atoms with Crippen LogP contribution in [0.25, 0.3) is 0 Å². The van der Waals surface area contributed by atoms with Crippen molar-refractivity contribution in [3.05, 3.63) is 47.8 Å². The molecule has 6 rings (SSSR count). The lowest BCUT2D eigenvalue weighted by Crippen LogP contribution is -2.60. The van der Waals surface area contributed by atoms with E-state index in [1.54, 1.807) is 12.3 Å². The van der Waals surface area contributed by atoms with E-state index in [2.05, 4.69) is 21.0 Å². The molecular weight excluding hydrogens is 340 g/mol. The summed E-state index contributed by atoms with van der Waals surface area (Å²) < 4.78 is 1.81. The molecule has 142 valence electrons. The molecule has 4 aliphatic heterocycles. The number of hydrogen-bond donors (Lipinski definition) is 1. The number of phenols is 1. The molecule has 1 aromatic carbocycles. The Morgan fingerprint density at radius 1 is 1.26 bits per heavy atom. The highest BCUT2D eigenvalue weighted by Crippen LogP contribution is 2.47. The highest BCUT2D eigenvalue weighted by Gasteiger charge is 2.54. The summed E-state index contributed by atoms with van der Waals surface area (Å²) in [5.41, 5.74) is 1.82. The number of amides is 1. The fourth-order valence-electron chi connectivity index (χ4n) is 5.52. The summed E-state index contributed by atoms with van der Waals surface area (Å²) in [5, 5.41) is 14.3. The Balaban J connectivity index is 1.51. The van der Waals surface area contributed by atoms with E-state index in [9.17, 15) is 9.90 Å². The maximum Gasteiger partial charge on any atom is 0.257 e. The van der Waals surface area contributed by atoms with Crippen molar-refractivity contribution in [2.45, 2.75) is 44.3 Å². The maximum atomic E-state index is 13.4. The number of likely N-dealkylation sites (tertiary alicyclic amines) is 1. The van der Waals surface area contributed by atoms with Gasteiger partial charge in [0.25, 0.3) is 5.91 Å². The molecule has 1 aromatic heterocycles. The van der Waals surface area contributed by atoms with Crippen molar-refractivity contribution < 1.29 is 9.90 Å². The molecule has 4 saturated heterocycles. The third kappa shape index (κ3) is 2.65. The number of carbonyl (C=O) groups excluding carboxylic acids is 1. The Morgan fingerprint density at radius 3 is 2.78 bits per heavy atom. The molecule has 2 aromatic rings. The number of aryl methyl sites for hydroxylation is 1. The number of nitrogens with zero attached hydrogens (tertiary/aromatic N) is 4. The van der Waals surface area contributed by atoms with E-state index < -0.39 is 0 Å². The lowest BCUT2D eigenvalue weighted by Gasteiger charge is -2.51. The van der Waals surface area contributed by atoms with E-state index >= 15 is 0 Å². The normalized spacial score (nSPS) is 31.9. The maximum absolute atomic E-state index is 13.4. The first-order valence-corrected chi connectivity index (χ1v) is 10.0. The van der Waals surface area contributed by atoms with E-state index in [0.717, 1.165) is 25.2 Å². The summed E-state index contributed by atoms with van der Waals surface area (Å²) in [6.45, 7) is 5.75. The van der Waals surface area contributed by atoms with E-state index in [1.807, 2.05) is 29.9 Å². The smallest absolute Gasteiger partial charge is 0.257 e. The van der Waals surface area contributed by atoms with E-state index in [1.165, 1.54) is 12.8 Å². The second kappa shape index (κ2) is 6.37. The third-order valence-electron chi connectivity index (χ3n) is 6.76. The van der Waals surface area contributed by atoms with Crippen molar-refractivity contribution in [2.75, 3.05) is 19.6 Å². The number of piperidine rings is 3. The molecular formula is C21H26N4O2. The summed E-state index contributed by atoms with van der Waals surface area (Å²) in [5.74, 6) is 1.22. The van der Waals surface area contributed by atoms with Gasteiger partial charge in [0.1, 0.15) is 5.75 Å². The first-order valence-electron chi connectivity index (χ1n) is 10.0. The standard InChI is InChI=1S/C21H26N4O2/c1-2-24-12-16(11-22-24)21(27)25-13-18(15-4-3-5-17(26)10-15)20-19(25)14-6-8-23(20)9-7-14/h3-5,10-12,14,18-20,26H,2,6-9,13H2,1H3/t18-,19+,20+/m0/s1. The lowest BCUT2D eigenvalue weighted by molar-refractivity contribution is -0.00342. The Hall–Kier alpha value is -2.34. The largest absolute Gasteiger partial charge is 0.508 e. The van der Waals surface area contributed by atoms with Crippen LogP contribution in [0.3, 0.4) is 0 Å². The lowest BCUT2D eigenvalue weighted by atomic mass is 9.75. The van der Waals surface area contributed by atoms with Crippen molar-refractivity contribution in [3.8, 4) is 5.75 Å². The molecule has 6 nitrogen and oxygen atoms in total. The van der Waals surface area contributed by atoms with Gasteiger partial charge in [-0.1, -0.05) is 12.1 Å². The third-order valence-corrected chi connectivity index (χ3v) is 6.76. The second-order valence-corrected chi connectivity index (χ2v) is 8.10. The number of hydrogen-bond acceptors (Lipinski definition) is 4. The van der Waals surface area contributed by atoms with Crippen molar-refractivity contribution in [1.29, 1.82) is 0 Å². The molecule has 1 amide bonds. The number of fused-ring (bicyclic) bond motifs is 2. The topological polar surface area (TPSA) is 61.6 Å². The van der Waals surface area contributed by atoms with Crippen LogP contribution in [0.15, 0.2) is 36.7 Å². The molecule has 2 bridgehead atoms. The predicted octanol–water partition coefficient (Wildman–Crippen LogP) is 2.31. The van der Waals surface area contributed by atoms with E-state index in [4.69, 9.17) is 0 Å². The van der Waals surface area contributed by atoms with Gasteiger partial charge in [0.15, 0.2) is 0 Å². The summed E-state index contributed by atoms with van der Waals surface area (Å²) >= 11 is 0. The molecule has 1 N–H and O–H groups in total. The van der Waals surface area contributed by atoms with Crippen molar-refractivity contribution in [2.24, 2.45) is 5.92 Å². The Labute approximate surface area is 159 Å². The van der Waals surface area contributed by atoms with Crippen LogP contribution in [0.2, 0.25) is 0 Å². The summed E-state index contributed by atoms with van der Waals surface area (Å²) in [7, 11) is 0. The molecule has 6 heteroatoms. The van der Waals surface area contributed by atoms with E-state index in [-0.39, 0.29) is 17.9 Å². The van der Waals surface area contributed by atoms with Crippen LogP contribution in [0, 0.1) is 5.92 Å². The SMILES string of the molecule is CCn1cc(C(=O)N2C[C@@H](c3cccc(O)c3)[C@@H]3[C@H]2C2CCN3CC2)cn1. The van der Waals surface area contributed by atoms with Gasteiger partial charge in [-0.05, 0) is 56.5 Å². The van der Waals surface area contributed by atoms with E-state index in [0.29, 0.717) is 29.8 Å². The van der Waals surface area contributed by atoms with Crippen LogP contribution in [-0.4, -0.2) is 62.3 Å². The molecule has 0 saturated carbocycles. The van der Waals surface area contributed by atoms with Crippen molar-refractivity contribution >= 4 is 5.91 Å². The van der Waals surface area contributed by atoms with Gasteiger partial charge in [0, 0.05) is 31.2 Å². The molecule has 4 fully saturated rings. The number of aromatic hydroxyl groups is 1. The second-order valence-electron chi connectivity index (χ2n) is 8.10. The number of benzene rings is 1. The van der Waals surface area contributed by atoms with Gasteiger partial charge in [-0.15, -0.1) is 0 Å². The van der Waals surface area contributed by atoms with Gasteiger partial charge in [-0.25, -0.2) is 0 Å². The number of aromatic nitrogens is 2. The van der Waals surface area contributed by atoms with Gasteiger partial charge in [0.05, 0.1) is 17.8 Å². The van der Waals surface area contributed by atoms with Gasteiger partial charge in [-0.2, -0.15) is 5.10 Å². The average molecular weight is 366 g/mol. The molecule has 0 unspecified atom stereocenters. The van der Waals surface area contributed by atoms with Crippen LogP contribution in [0.5, 0.6) is 5.75 Å². The highest BCUT2D eigenvalue weighted by atomic mass is 16.3. The van der Waals surface area contributed by atoms with Crippen LogP contribution in [0.4, 0.5) is 0 Å². The van der Waals surface area contributed by atoms with Crippen LogP contribution in [0.1, 0.15) is 41.6 Å². The monoisotopic (exact) mass is 366 g/mol. The quantitative estimate of drug-likeness (QED) is 0.906. The molecule has 5 heterocycles. The predicted molar refractivity (Wildman–Crippen MR) is 102 cm³/mol. The van der Waals surface area contributed by atoms with Gasteiger partial charge in [0.2, 0.25) is 0 Å². The van der Waals surface area contributed by atoms with Crippen molar-refractivity contribution in [1.82, 2.24) is 19.6 Å². The minimum atomic E-state index is 0.0982. The first kappa shape index (κ1) is 16.8. The molecule has 0 aliphatic carbocycles. The molecule has 4 aliphatic rings. The average Bonchev–Trinajstić information content (AvgIpc) is 3.34. The summed E-state index contributed by atoms with van der Waals surface area (Å²) in [6, 6.07) is 8.20. The van der Waals surface area contributed by atoms with Gasteiger partial charge in [-0.3, -0.25) is 14.4 Å².